The van der Waals surface area contributed by atoms with Crippen LogP contribution in [0.15, 0.2) is 24.3 Å². The van der Waals surface area contributed by atoms with Crippen molar-refractivity contribution in [2.24, 2.45) is 11.8 Å². The lowest BCUT2D eigenvalue weighted by molar-refractivity contribution is -0.141. The highest BCUT2D eigenvalue weighted by Gasteiger charge is 2.31. The standard InChI is InChI=1S/C20H27FN2O2/c1-15-6-10-23(11-7-15)20(25)17-8-12-22(13-9-17)19(24)14-16-2-4-18(21)5-3-16/h2-5,15,17H,6-14H2,1H3. The van der Waals surface area contributed by atoms with Crippen molar-refractivity contribution < 1.29 is 14.0 Å². The van der Waals surface area contributed by atoms with Crippen LogP contribution in [0.3, 0.4) is 0 Å². The third kappa shape index (κ3) is 4.59. The van der Waals surface area contributed by atoms with Gasteiger partial charge in [0.25, 0.3) is 0 Å². The van der Waals surface area contributed by atoms with Gasteiger partial charge in [-0.25, -0.2) is 4.39 Å². The van der Waals surface area contributed by atoms with E-state index < -0.39 is 0 Å². The quantitative estimate of drug-likeness (QED) is 0.844. The molecule has 136 valence electrons. The molecule has 2 heterocycles. The van der Waals surface area contributed by atoms with Crippen LogP contribution in [-0.4, -0.2) is 47.8 Å². The van der Waals surface area contributed by atoms with Crippen LogP contribution in [0.4, 0.5) is 4.39 Å². The summed E-state index contributed by atoms with van der Waals surface area (Å²) in [6, 6.07) is 6.07. The second kappa shape index (κ2) is 7.98. The minimum Gasteiger partial charge on any atom is -0.342 e. The number of piperidine rings is 2. The van der Waals surface area contributed by atoms with Crippen LogP contribution in [0.1, 0.15) is 38.2 Å². The number of halogens is 1. The first-order valence-corrected chi connectivity index (χ1v) is 9.34. The van der Waals surface area contributed by atoms with E-state index in [2.05, 4.69) is 6.92 Å². The lowest BCUT2D eigenvalue weighted by atomic mass is 9.92. The number of hydrogen-bond acceptors (Lipinski definition) is 2. The molecule has 2 amide bonds. The molecule has 2 aliphatic rings. The van der Waals surface area contributed by atoms with Crippen LogP contribution in [-0.2, 0) is 16.0 Å². The fourth-order valence-corrected chi connectivity index (χ4v) is 3.75. The van der Waals surface area contributed by atoms with Gasteiger partial charge in [0, 0.05) is 32.1 Å². The van der Waals surface area contributed by atoms with E-state index in [1.54, 1.807) is 12.1 Å². The summed E-state index contributed by atoms with van der Waals surface area (Å²) in [4.78, 5) is 28.9. The second-order valence-corrected chi connectivity index (χ2v) is 7.47. The zero-order valence-electron chi connectivity index (χ0n) is 14.9. The van der Waals surface area contributed by atoms with Gasteiger partial charge >= 0.3 is 0 Å². The molecular weight excluding hydrogens is 319 g/mol. The molecule has 0 N–H and O–H groups in total. The van der Waals surface area contributed by atoms with Crippen molar-refractivity contribution in [2.45, 2.75) is 39.0 Å². The molecule has 1 aromatic rings. The van der Waals surface area contributed by atoms with Crippen molar-refractivity contribution in [1.29, 1.82) is 0 Å². The lowest BCUT2D eigenvalue weighted by Crippen LogP contribution is -2.46. The molecule has 2 fully saturated rings. The van der Waals surface area contributed by atoms with E-state index in [-0.39, 0.29) is 23.5 Å². The molecule has 2 aliphatic heterocycles. The van der Waals surface area contributed by atoms with Crippen molar-refractivity contribution >= 4 is 11.8 Å². The number of nitrogens with zero attached hydrogens (tertiary/aromatic N) is 2. The monoisotopic (exact) mass is 346 g/mol. The normalized spacial score (nSPS) is 19.9. The number of amides is 2. The maximum Gasteiger partial charge on any atom is 0.226 e. The average Bonchev–Trinajstić information content (AvgIpc) is 2.64. The van der Waals surface area contributed by atoms with Gasteiger partial charge in [0.05, 0.1) is 6.42 Å². The van der Waals surface area contributed by atoms with Crippen LogP contribution >= 0.6 is 0 Å². The Labute approximate surface area is 149 Å². The van der Waals surface area contributed by atoms with Crippen LogP contribution < -0.4 is 0 Å². The second-order valence-electron chi connectivity index (χ2n) is 7.47. The molecule has 1 aromatic carbocycles. The predicted molar refractivity (Wildman–Crippen MR) is 94.4 cm³/mol. The molecule has 0 atom stereocenters. The molecule has 0 aromatic heterocycles. The Hall–Kier alpha value is -1.91. The minimum absolute atomic E-state index is 0.0586. The molecule has 0 aliphatic carbocycles. The first kappa shape index (κ1) is 17.9. The third-order valence-corrected chi connectivity index (χ3v) is 5.56. The number of likely N-dealkylation sites (tertiary alicyclic amines) is 2. The smallest absolute Gasteiger partial charge is 0.226 e. The fraction of sp³-hybridized carbons (Fsp3) is 0.600. The highest BCUT2D eigenvalue weighted by molar-refractivity contribution is 5.81. The Bertz CT molecular complexity index is 601. The summed E-state index contributed by atoms with van der Waals surface area (Å²) in [6.07, 6.45) is 3.99. The average molecular weight is 346 g/mol. The van der Waals surface area contributed by atoms with E-state index in [0.717, 1.165) is 50.3 Å². The molecule has 5 heteroatoms. The molecule has 3 rings (SSSR count). The summed E-state index contributed by atoms with van der Waals surface area (Å²) in [5, 5.41) is 0. The molecule has 4 nitrogen and oxygen atoms in total. The first-order chi connectivity index (χ1) is 12.0. The summed E-state index contributed by atoms with van der Waals surface area (Å²) in [6.45, 7) is 5.28. The number of rotatable bonds is 3. The maximum absolute atomic E-state index is 12.9. The Kier molecular flexibility index (Phi) is 5.71. The van der Waals surface area contributed by atoms with E-state index >= 15 is 0 Å². The van der Waals surface area contributed by atoms with E-state index in [4.69, 9.17) is 0 Å². The van der Waals surface area contributed by atoms with Crippen LogP contribution in [0.25, 0.3) is 0 Å². The molecule has 0 radical (unpaired) electrons. The molecule has 25 heavy (non-hydrogen) atoms. The van der Waals surface area contributed by atoms with Gasteiger partial charge in [-0.3, -0.25) is 9.59 Å². The summed E-state index contributed by atoms with van der Waals surface area (Å²) in [5.74, 6) is 0.822. The Morgan fingerprint density at radius 1 is 0.960 bits per heavy atom. The van der Waals surface area contributed by atoms with Crippen LogP contribution in [0.5, 0.6) is 0 Å². The number of hydrogen-bond donors (Lipinski definition) is 0. The molecule has 2 saturated heterocycles. The molecule has 0 spiro atoms. The fourth-order valence-electron chi connectivity index (χ4n) is 3.75. The van der Waals surface area contributed by atoms with Gasteiger partial charge in [0.1, 0.15) is 5.82 Å². The van der Waals surface area contributed by atoms with Gasteiger partial charge < -0.3 is 9.80 Å². The first-order valence-electron chi connectivity index (χ1n) is 9.34. The van der Waals surface area contributed by atoms with Crippen molar-refractivity contribution in [2.75, 3.05) is 26.2 Å². The summed E-state index contributed by atoms with van der Waals surface area (Å²) in [7, 11) is 0. The van der Waals surface area contributed by atoms with Gasteiger partial charge in [-0.05, 0) is 49.3 Å². The number of benzene rings is 1. The van der Waals surface area contributed by atoms with Crippen molar-refractivity contribution in [3.05, 3.63) is 35.6 Å². The van der Waals surface area contributed by atoms with E-state index in [0.29, 0.717) is 19.5 Å². The zero-order chi connectivity index (χ0) is 17.8. The topological polar surface area (TPSA) is 40.6 Å². The Balaban J connectivity index is 1.47. The molecule has 0 unspecified atom stereocenters. The number of carbonyl (C=O) groups excluding carboxylic acids is 2. The van der Waals surface area contributed by atoms with Gasteiger partial charge in [0.2, 0.25) is 11.8 Å². The summed E-state index contributed by atoms with van der Waals surface area (Å²) in [5.41, 5.74) is 0.826. The van der Waals surface area contributed by atoms with Crippen LogP contribution in [0, 0.1) is 17.7 Å². The van der Waals surface area contributed by atoms with Gasteiger partial charge in [-0.2, -0.15) is 0 Å². The van der Waals surface area contributed by atoms with E-state index in [1.807, 2.05) is 9.80 Å². The highest BCUT2D eigenvalue weighted by Crippen LogP contribution is 2.24. The third-order valence-electron chi connectivity index (χ3n) is 5.56. The van der Waals surface area contributed by atoms with Gasteiger partial charge in [-0.15, -0.1) is 0 Å². The Morgan fingerprint density at radius 2 is 1.52 bits per heavy atom. The van der Waals surface area contributed by atoms with Crippen molar-refractivity contribution in [3.63, 3.8) is 0 Å². The predicted octanol–water partition coefficient (Wildman–Crippen LogP) is 2.87. The van der Waals surface area contributed by atoms with E-state index in [1.165, 1.54) is 12.1 Å². The highest BCUT2D eigenvalue weighted by atomic mass is 19.1. The summed E-state index contributed by atoms with van der Waals surface area (Å²) < 4.78 is 12.9. The van der Waals surface area contributed by atoms with Gasteiger partial charge in [-0.1, -0.05) is 19.1 Å². The largest absolute Gasteiger partial charge is 0.342 e. The van der Waals surface area contributed by atoms with Crippen LogP contribution in [0.2, 0.25) is 0 Å². The maximum atomic E-state index is 12.9. The molecule has 0 saturated carbocycles. The SMILES string of the molecule is CC1CCN(C(=O)C2CCN(C(=O)Cc3ccc(F)cc3)CC2)CC1. The molecule has 0 bridgehead atoms. The minimum atomic E-state index is -0.289. The Morgan fingerprint density at radius 3 is 2.12 bits per heavy atom. The van der Waals surface area contributed by atoms with Crippen molar-refractivity contribution in [3.8, 4) is 0 Å². The lowest BCUT2D eigenvalue weighted by Gasteiger charge is -2.36. The van der Waals surface area contributed by atoms with Crippen molar-refractivity contribution in [1.82, 2.24) is 9.80 Å². The van der Waals surface area contributed by atoms with Gasteiger partial charge in [0.15, 0.2) is 0 Å². The number of carbonyl (C=O) groups is 2. The molecular formula is C20H27FN2O2. The summed E-state index contributed by atoms with van der Waals surface area (Å²) >= 11 is 0. The van der Waals surface area contributed by atoms with E-state index in [9.17, 15) is 14.0 Å². The zero-order valence-corrected chi connectivity index (χ0v) is 14.9.